The van der Waals surface area contributed by atoms with E-state index in [-0.39, 0.29) is 11.2 Å². The second-order valence-electron chi connectivity index (χ2n) is 6.13. The molecular formula is C18H29NO. The van der Waals surface area contributed by atoms with Crippen LogP contribution in [0.2, 0.25) is 0 Å². The molecule has 2 nitrogen and oxygen atoms in total. The van der Waals surface area contributed by atoms with Gasteiger partial charge < -0.3 is 4.90 Å². The lowest BCUT2D eigenvalue weighted by Crippen LogP contribution is -2.39. The predicted octanol–water partition coefficient (Wildman–Crippen LogP) is 4.19. The SMILES string of the molecule is CCCN(CC)CC(C)(C)C(=O)c1ccc(CC)cc1. The van der Waals surface area contributed by atoms with Gasteiger partial charge in [-0.15, -0.1) is 0 Å². The highest BCUT2D eigenvalue weighted by molar-refractivity contribution is 6.00. The third kappa shape index (κ3) is 4.45. The summed E-state index contributed by atoms with van der Waals surface area (Å²) >= 11 is 0. The molecule has 0 spiro atoms. The van der Waals surface area contributed by atoms with E-state index in [0.717, 1.165) is 38.0 Å². The van der Waals surface area contributed by atoms with Gasteiger partial charge in [-0.1, -0.05) is 58.9 Å². The molecule has 0 aromatic heterocycles. The van der Waals surface area contributed by atoms with Gasteiger partial charge in [0.05, 0.1) is 0 Å². The zero-order valence-electron chi connectivity index (χ0n) is 13.7. The number of benzene rings is 1. The van der Waals surface area contributed by atoms with Crippen LogP contribution in [0, 0.1) is 5.41 Å². The van der Waals surface area contributed by atoms with Crippen molar-refractivity contribution < 1.29 is 4.79 Å². The Morgan fingerprint density at radius 1 is 1.10 bits per heavy atom. The van der Waals surface area contributed by atoms with Crippen molar-refractivity contribution in [3.8, 4) is 0 Å². The third-order valence-corrected chi connectivity index (χ3v) is 3.84. The van der Waals surface area contributed by atoms with Crippen LogP contribution in [0.5, 0.6) is 0 Å². The first-order chi connectivity index (χ1) is 9.44. The Bertz CT molecular complexity index is 420. The van der Waals surface area contributed by atoms with Gasteiger partial charge in [-0.2, -0.15) is 0 Å². The molecule has 0 saturated carbocycles. The second-order valence-corrected chi connectivity index (χ2v) is 6.13. The maximum atomic E-state index is 12.7. The summed E-state index contributed by atoms with van der Waals surface area (Å²) in [7, 11) is 0. The largest absolute Gasteiger partial charge is 0.303 e. The van der Waals surface area contributed by atoms with E-state index in [1.165, 1.54) is 5.56 Å². The van der Waals surface area contributed by atoms with Crippen LogP contribution in [-0.4, -0.2) is 30.3 Å². The van der Waals surface area contributed by atoms with Gasteiger partial charge in [-0.05, 0) is 31.5 Å². The highest BCUT2D eigenvalue weighted by atomic mass is 16.1. The van der Waals surface area contributed by atoms with Gasteiger partial charge in [0.2, 0.25) is 0 Å². The molecule has 0 aliphatic rings. The summed E-state index contributed by atoms with van der Waals surface area (Å²) in [5.74, 6) is 0.245. The lowest BCUT2D eigenvalue weighted by molar-refractivity contribution is 0.0768. The normalized spacial score (nSPS) is 11.9. The smallest absolute Gasteiger partial charge is 0.169 e. The summed E-state index contributed by atoms with van der Waals surface area (Å²) < 4.78 is 0. The van der Waals surface area contributed by atoms with Crippen molar-refractivity contribution in [2.24, 2.45) is 5.41 Å². The van der Waals surface area contributed by atoms with Crippen LogP contribution in [0.3, 0.4) is 0 Å². The first kappa shape index (κ1) is 16.9. The lowest BCUT2D eigenvalue weighted by atomic mass is 9.83. The van der Waals surface area contributed by atoms with Crippen LogP contribution in [0.15, 0.2) is 24.3 Å². The van der Waals surface area contributed by atoms with Crippen molar-refractivity contribution >= 4 is 5.78 Å². The van der Waals surface area contributed by atoms with Gasteiger partial charge in [-0.25, -0.2) is 0 Å². The minimum atomic E-state index is -0.334. The van der Waals surface area contributed by atoms with Crippen molar-refractivity contribution in [2.45, 2.75) is 47.5 Å². The van der Waals surface area contributed by atoms with E-state index in [0.29, 0.717) is 0 Å². The molecule has 0 bridgehead atoms. The molecular weight excluding hydrogens is 246 g/mol. The number of Topliss-reactive ketones (excluding diaryl/α,β-unsaturated/α-hetero) is 1. The van der Waals surface area contributed by atoms with Gasteiger partial charge in [0.15, 0.2) is 5.78 Å². The van der Waals surface area contributed by atoms with Gasteiger partial charge in [-0.3, -0.25) is 4.79 Å². The molecule has 0 saturated heterocycles. The minimum absolute atomic E-state index is 0.245. The number of carbonyl (C=O) groups excluding carboxylic acids is 1. The van der Waals surface area contributed by atoms with Crippen molar-refractivity contribution in [2.75, 3.05) is 19.6 Å². The van der Waals surface area contributed by atoms with Crippen LogP contribution in [0.25, 0.3) is 0 Å². The second kappa shape index (κ2) is 7.58. The molecule has 0 unspecified atom stereocenters. The molecule has 0 N–H and O–H groups in total. The number of nitrogens with zero attached hydrogens (tertiary/aromatic N) is 1. The first-order valence-corrected chi connectivity index (χ1v) is 7.80. The Morgan fingerprint density at radius 2 is 1.70 bits per heavy atom. The Balaban J connectivity index is 2.81. The van der Waals surface area contributed by atoms with E-state index in [1.807, 2.05) is 12.1 Å². The number of ketones is 1. The summed E-state index contributed by atoms with van der Waals surface area (Å²) in [6.07, 6.45) is 2.14. The summed E-state index contributed by atoms with van der Waals surface area (Å²) in [6.45, 7) is 13.5. The summed E-state index contributed by atoms with van der Waals surface area (Å²) in [4.78, 5) is 15.1. The van der Waals surface area contributed by atoms with E-state index in [1.54, 1.807) is 0 Å². The van der Waals surface area contributed by atoms with Crippen LogP contribution in [0.1, 0.15) is 57.0 Å². The summed E-state index contributed by atoms with van der Waals surface area (Å²) in [5.41, 5.74) is 1.78. The van der Waals surface area contributed by atoms with Gasteiger partial charge in [0, 0.05) is 17.5 Å². The van der Waals surface area contributed by atoms with Crippen LogP contribution >= 0.6 is 0 Å². The average Bonchev–Trinajstić information content (AvgIpc) is 2.45. The molecule has 1 aromatic rings. The molecule has 0 atom stereocenters. The van der Waals surface area contributed by atoms with E-state index in [4.69, 9.17) is 0 Å². The fraction of sp³-hybridized carbons (Fsp3) is 0.611. The zero-order chi connectivity index (χ0) is 15.2. The Kier molecular flexibility index (Phi) is 6.41. The number of hydrogen-bond acceptors (Lipinski definition) is 2. The molecule has 112 valence electrons. The maximum Gasteiger partial charge on any atom is 0.169 e. The lowest BCUT2D eigenvalue weighted by Gasteiger charge is -2.30. The highest BCUT2D eigenvalue weighted by Gasteiger charge is 2.30. The van der Waals surface area contributed by atoms with E-state index in [2.05, 4.69) is 51.7 Å². The summed E-state index contributed by atoms with van der Waals surface area (Å²) in [6, 6.07) is 8.07. The highest BCUT2D eigenvalue weighted by Crippen LogP contribution is 2.24. The van der Waals surface area contributed by atoms with Crippen molar-refractivity contribution in [3.63, 3.8) is 0 Å². The van der Waals surface area contributed by atoms with Gasteiger partial charge in [0.1, 0.15) is 0 Å². The molecule has 0 radical (unpaired) electrons. The molecule has 0 amide bonds. The first-order valence-electron chi connectivity index (χ1n) is 7.80. The Morgan fingerprint density at radius 3 is 2.15 bits per heavy atom. The van der Waals surface area contributed by atoms with E-state index in [9.17, 15) is 4.79 Å². The Hall–Kier alpha value is -1.15. The molecule has 0 heterocycles. The molecule has 1 aromatic carbocycles. The molecule has 2 heteroatoms. The molecule has 1 rings (SSSR count). The third-order valence-electron chi connectivity index (χ3n) is 3.84. The molecule has 0 aliphatic carbocycles. The average molecular weight is 275 g/mol. The molecule has 0 fully saturated rings. The van der Waals surface area contributed by atoms with Crippen LogP contribution in [-0.2, 0) is 6.42 Å². The van der Waals surface area contributed by atoms with E-state index < -0.39 is 0 Å². The van der Waals surface area contributed by atoms with Gasteiger partial charge in [0.25, 0.3) is 0 Å². The number of aryl methyl sites for hydroxylation is 1. The van der Waals surface area contributed by atoms with Crippen molar-refractivity contribution in [1.29, 1.82) is 0 Å². The predicted molar refractivity (Wildman–Crippen MR) is 86.3 cm³/mol. The minimum Gasteiger partial charge on any atom is -0.303 e. The van der Waals surface area contributed by atoms with Crippen molar-refractivity contribution in [1.82, 2.24) is 4.90 Å². The summed E-state index contributed by atoms with van der Waals surface area (Å²) in [5, 5.41) is 0. The molecule has 0 aliphatic heterocycles. The van der Waals surface area contributed by atoms with Crippen molar-refractivity contribution in [3.05, 3.63) is 35.4 Å². The van der Waals surface area contributed by atoms with E-state index >= 15 is 0 Å². The topological polar surface area (TPSA) is 20.3 Å². The Labute approximate surface area is 124 Å². The number of hydrogen-bond donors (Lipinski definition) is 0. The quantitative estimate of drug-likeness (QED) is 0.663. The van der Waals surface area contributed by atoms with Gasteiger partial charge >= 0.3 is 0 Å². The monoisotopic (exact) mass is 275 g/mol. The maximum absolute atomic E-state index is 12.7. The fourth-order valence-electron chi connectivity index (χ4n) is 2.58. The molecule has 20 heavy (non-hydrogen) atoms. The standard InChI is InChI=1S/C18H29NO/c1-6-13-19(8-3)14-18(4,5)17(20)16-11-9-15(7-2)10-12-16/h9-12H,6-8,13-14H2,1-5H3. The fourth-order valence-corrected chi connectivity index (χ4v) is 2.58. The number of carbonyl (C=O) groups is 1. The number of rotatable bonds is 8. The van der Waals surface area contributed by atoms with Crippen LogP contribution in [0.4, 0.5) is 0 Å². The van der Waals surface area contributed by atoms with Crippen LogP contribution < -0.4 is 0 Å². The zero-order valence-corrected chi connectivity index (χ0v) is 13.7.